The van der Waals surface area contributed by atoms with Crippen LogP contribution in [0, 0.1) is 0 Å². The van der Waals surface area contributed by atoms with E-state index in [0.29, 0.717) is 18.8 Å². The van der Waals surface area contributed by atoms with Crippen molar-refractivity contribution in [1.29, 1.82) is 0 Å². The Morgan fingerprint density at radius 1 is 1.23 bits per heavy atom. The van der Waals surface area contributed by atoms with Crippen LogP contribution in [0.25, 0.3) is 0 Å². The first-order valence-corrected chi connectivity index (χ1v) is 7.20. The smallest absolute Gasteiger partial charge is 0.145 e. The Hall–Kier alpha value is -2.69. The second kappa shape index (κ2) is 6.39. The van der Waals surface area contributed by atoms with Crippen LogP contribution in [-0.2, 0) is 6.42 Å². The van der Waals surface area contributed by atoms with Gasteiger partial charge in [0.05, 0.1) is 12.8 Å². The summed E-state index contributed by atoms with van der Waals surface area (Å²) in [5.74, 6) is 2.50. The molecule has 0 aliphatic carbocycles. The standard InChI is InChI=1S/C17H19N3O2/c1-21-14-5-2-12(3-6-14)8-9-19-17-11-22-16-7-4-13(18)10-15(16)20-17/h2-7,10H,8-9,11,18H2,1H3,(H,19,20). The highest BCUT2D eigenvalue weighted by molar-refractivity contribution is 6.00. The number of hydrogen-bond donors (Lipinski definition) is 2. The third-order valence-electron chi connectivity index (χ3n) is 3.51. The molecule has 2 aromatic rings. The predicted molar refractivity (Wildman–Crippen MR) is 89.0 cm³/mol. The van der Waals surface area contributed by atoms with Gasteiger partial charge in [-0.3, -0.25) is 4.99 Å². The van der Waals surface area contributed by atoms with Crippen molar-refractivity contribution in [2.45, 2.75) is 6.42 Å². The van der Waals surface area contributed by atoms with Gasteiger partial charge in [0, 0.05) is 12.2 Å². The fourth-order valence-electron chi connectivity index (χ4n) is 2.31. The quantitative estimate of drug-likeness (QED) is 0.851. The van der Waals surface area contributed by atoms with Gasteiger partial charge < -0.3 is 20.5 Å². The summed E-state index contributed by atoms with van der Waals surface area (Å²) in [6.45, 7) is 1.16. The third-order valence-corrected chi connectivity index (χ3v) is 3.51. The molecule has 1 heterocycles. The van der Waals surface area contributed by atoms with Crippen molar-refractivity contribution in [2.75, 3.05) is 31.3 Å². The first-order chi connectivity index (χ1) is 10.7. The number of ether oxygens (including phenoxy) is 2. The number of benzene rings is 2. The Morgan fingerprint density at radius 3 is 2.82 bits per heavy atom. The van der Waals surface area contributed by atoms with Gasteiger partial charge in [0.25, 0.3) is 0 Å². The molecule has 0 radical (unpaired) electrons. The summed E-state index contributed by atoms with van der Waals surface area (Å²) in [5, 5.41) is 3.27. The van der Waals surface area contributed by atoms with E-state index in [2.05, 4.69) is 22.4 Å². The molecule has 114 valence electrons. The average Bonchev–Trinajstić information content (AvgIpc) is 2.55. The normalized spacial score (nSPS) is 14.9. The fourth-order valence-corrected chi connectivity index (χ4v) is 2.31. The highest BCUT2D eigenvalue weighted by atomic mass is 16.5. The van der Waals surface area contributed by atoms with E-state index in [1.807, 2.05) is 30.3 Å². The predicted octanol–water partition coefficient (Wildman–Crippen LogP) is 2.72. The molecule has 0 spiro atoms. The van der Waals surface area contributed by atoms with E-state index in [0.717, 1.165) is 29.4 Å². The number of rotatable bonds is 4. The number of nitrogens with one attached hydrogen (secondary N) is 1. The number of nitrogens with zero attached hydrogens (tertiary/aromatic N) is 1. The lowest BCUT2D eigenvalue weighted by Crippen LogP contribution is -2.26. The summed E-state index contributed by atoms with van der Waals surface area (Å²) >= 11 is 0. The molecule has 0 atom stereocenters. The topological polar surface area (TPSA) is 68.9 Å². The summed E-state index contributed by atoms with van der Waals surface area (Å²) in [7, 11) is 1.67. The molecule has 1 aliphatic rings. The van der Waals surface area contributed by atoms with Crippen LogP contribution in [0.2, 0.25) is 0 Å². The number of nitrogen functional groups attached to an aromatic ring is 1. The Labute approximate surface area is 129 Å². The molecule has 3 rings (SSSR count). The SMILES string of the molecule is COc1ccc(CCN=C2COc3ccc(N)cc3N2)cc1. The van der Waals surface area contributed by atoms with Crippen molar-refractivity contribution in [1.82, 2.24) is 0 Å². The van der Waals surface area contributed by atoms with E-state index >= 15 is 0 Å². The van der Waals surface area contributed by atoms with Crippen LogP contribution in [0.15, 0.2) is 47.5 Å². The first kappa shape index (κ1) is 14.3. The minimum atomic E-state index is 0.458. The highest BCUT2D eigenvalue weighted by Crippen LogP contribution is 2.29. The average molecular weight is 297 g/mol. The number of fused-ring (bicyclic) bond motifs is 1. The number of amidine groups is 1. The number of nitrogens with two attached hydrogens (primary N) is 1. The number of anilines is 2. The van der Waals surface area contributed by atoms with Gasteiger partial charge in [-0.25, -0.2) is 0 Å². The molecule has 5 nitrogen and oxygen atoms in total. The lowest BCUT2D eigenvalue weighted by molar-refractivity contribution is 0.372. The van der Waals surface area contributed by atoms with Gasteiger partial charge in [0.1, 0.15) is 23.9 Å². The largest absolute Gasteiger partial charge is 0.497 e. The minimum Gasteiger partial charge on any atom is -0.497 e. The summed E-state index contributed by atoms with van der Waals surface area (Å²) in [5.41, 5.74) is 8.58. The lowest BCUT2D eigenvalue weighted by atomic mass is 10.1. The minimum absolute atomic E-state index is 0.458. The molecule has 0 unspecified atom stereocenters. The maximum Gasteiger partial charge on any atom is 0.145 e. The molecule has 22 heavy (non-hydrogen) atoms. The van der Waals surface area contributed by atoms with E-state index in [4.69, 9.17) is 15.2 Å². The van der Waals surface area contributed by atoms with Crippen molar-refractivity contribution in [2.24, 2.45) is 4.99 Å². The van der Waals surface area contributed by atoms with Gasteiger partial charge in [-0.15, -0.1) is 0 Å². The van der Waals surface area contributed by atoms with Crippen LogP contribution in [0.5, 0.6) is 11.5 Å². The van der Waals surface area contributed by atoms with Gasteiger partial charge in [0.15, 0.2) is 0 Å². The second-order valence-electron chi connectivity index (χ2n) is 5.10. The van der Waals surface area contributed by atoms with Crippen LogP contribution in [0.1, 0.15) is 5.56 Å². The summed E-state index contributed by atoms with van der Waals surface area (Å²) in [6.07, 6.45) is 0.874. The number of methoxy groups -OCH3 is 1. The van der Waals surface area contributed by atoms with Crippen LogP contribution in [0.4, 0.5) is 11.4 Å². The Balaban J connectivity index is 1.59. The zero-order valence-electron chi connectivity index (χ0n) is 12.5. The monoisotopic (exact) mass is 297 g/mol. The summed E-state index contributed by atoms with van der Waals surface area (Å²) < 4.78 is 10.8. The molecule has 0 aromatic heterocycles. The zero-order valence-corrected chi connectivity index (χ0v) is 12.5. The highest BCUT2D eigenvalue weighted by Gasteiger charge is 2.14. The molecule has 0 saturated carbocycles. The molecule has 5 heteroatoms. The molecule has 0 saturated heterocycles. The van der Waals surface area contributed by atoms with Crippen molar-refractivity contribution in [3.8, 4) is 11.5 Å². The maximum absolute atomic E-state index is 5.78. The molecule has 2 aromatic carbocycles. The third kappa shape index (κ3) is 3.31. The van der Waals surface area contributed by atoms with E-state index < -0.39 is 0 Å². The Kier molecular flexibility index (Phi) is 4.14. The van der Waals surface area contributed by atoms with Crippen molar-refractivity contribution >= 4 is 17.2 Å². The Morgan fingerprint density at radius 2 is 2.05 bits per heavy atom. The van der Waals surface area contributed by atoms with Crippen molar-refractivity contribution in [3.63, 3.8) is 0 Å². The van der Waals surface area contributed by atoms with E-state index in [1.165, 1.54) is 5.56 Å². The van der Waals surface area contributed by atoms with Crippen LogP contribution < -0.4 is 20.5 Å². The molecule has 3 N–H and O–H groups in total. The second-order valence-corrected chi connectivity index (χ2v) is 5.10. The van der Waals surface area contributed by atoms with Gasteiger partial charge in [0.2, 0.25) is 0 Å². The molecule has 1 aliphatic heterocycles. The Bertz CT molecular complexity index is 681. The maximum atomic E-state index is 5.78. The van der Waals surface area contributed by atoms with Gasteiger partial charge in [-0.2, -0.15) is 0 Å². The number of aliphatic imine (C=N–C) groups is 1. The summed E-state index contributed by atoms with van der Waals surface area (Å²) in [6, 6.07) is 13.6. The number of hydrogen-bond acceptors (Lipinski definition) is 4. The van der Waals surface area contributed by atoms with Crippen LogP contribution in [0.3, 0.4) is 0 Å². The van der Waals surface area contributed by atoms with Gasteiger partial charge >= 0.3 is 0 Å². The molecule has 0 fully saturated rings. The van der Waals surface area contributed by atoms with Gasteiger partial charge in [-0.05, 0) is 42.3 Å². The van der Waals surface area contributed by atoms with Gasteiger partial charge in [-0.1, -0.05) is 12.1 Å². The molecule has 0 bridgehead atoms. The first-order valence-electron chi connectivity index (χ1n) is 7.20. The van der Waals surface area contributed by atoms with E-state index in [1.54, 1.807) is 7.11 Å². The lowest BCUT2D eigenvalue weighted by Gasteiger charge is -2.21. The zero-order chi connectivity index (χ0) is 15.4. The fraction of sp³-hybridized carbons (Fsp3) is 0.235. The molecule has 0 amide bonds. The molecular weight excluding hydrogens is 278 g/mol. The molecular formula is C17H19N3O2. The van der Waals surface area contributed by atoms with Crippen molar-refractivity contribution < 1.29 is 9.47 Å². The summed E-state index contributed by atoms with van der Waals surface area (Å²) in [4.78, 5) is 4.56. The van der Waals surface area contributed by atoms with Crippen LogP contribution >= 0.6 is 0 Å². The van der Waals surface area contributed by atoms with Crippen molar-refractivity contribution in [3.05, 3.63) is 48.0 Å². The van der Waals surface area contributed by atoms with E-state index in [9.17, 15) is 0 Å². The van der Waals surface area contributed by atoms with Crippen LogP contribution in [-0.4, -0.2) is 26.1 Å². The van der Waals surface area contributed by atoms with E-state index in [-0.39, 0.29) is 0 Å².